The normalized spacial score (nSPS) is 13.1. The second-order valence-electron chi connectivity index (χ2n) is 15.3. The molecule has 11 rings (SSSR count). The second kappa shape index (κ2) is 12.1. The van der Waals surface area contributed by atoms with Gasteiger partial charge in [0.1, 0.15) is 11.2 Å². The van der Waals surface area contributed by atoms with Crippen molar-refractivity contribution in [2.45, 2.75) is 19.3 Å². The standard InChI is InChI=1S/C53H37NO/c1-53(2)47-24-14-13-23-43(47)45-32-46-50(33-48(45)53)55-52-40(34-15-5-3-6-16-34)29-30-49(51(46)52)54(37-18-7-4-8-19-37)38-27-25-35(26-28-38)44-31-36-17-9-10-20-39(36)41-21-11-12-22-42(41)44/h3-33H,1-2H3. The average Bonchev–Trinajstić information content (AvgIpc) is 3.73. The van der Waals surface area contributed by atoms with E-state index >= 15 is 0 Å². The van der Waals surface area contributed by atoms with Crippen molar-refractivity contribution in [2.24, 2.45) is 0 Å². The van der Waals surface area contributed by atoms with Gasteiger partial charge in [-0.15, -0.1) is 0 Å². The minimum absolute atomic E-state index is 0.127. The summed E-state index contributed by atoms with van der Waals surface area (Å²) in [6, 6.07) is 68.2. The third kappa shape index (κ3) is 4.81. The van der Waals surface area contributed by atoms with Gasteiger partial charge < -0.3 is 9.32 Å². The number of para-hydroxylation sites is 1. The molecule has 1 heterocycles. The molecule has 0 saturated heterocycles. The fourth-order valence-corrected chi connectivity index (χ4v) is 9.17. The Hall–Kier alpha value is -6.90. The first-order valence-corrected chi connectivity index (χ1v) is 19.1. The molecule has 0 saturated carbocycles. The predicted octanol–water partition coefficient (Wildman–Crippen LogP) is 15.0. The van der Waals surface area contributed by atoms with E-state index in [1.165, 1.54) is 54.9 Å². The lowest BCUT2D eigenvalue weighted by molar-refractivity contribution is 0.648. The van der Waals surface area contributed by atoms with Crippen molar-refractivity contribution in [3.63, 3.8) is 0 Å². The van der Waals surface area contributed by atoms with E-state index in [1.54, 1.807) is 0 Å². The smallest absolute Gasteiger partial charge is 0.145 e. The Bertz CT molecular complexity index is 3100. The summed E-state index contributed by atoms with van der Waals surface area (Å²) in [7, 11) is 0. The lowest BCUT2D eigenvalue weighted by Crippen LogP contribution is -2.14. The maximum atomic E-state index is 7.04. The zero-order chi connectivity index (χ0) is 36.7. The molecule has 2 heteroatoms. The molecule has 1 aromatic heterocycles. The van der Waals surface area contributed by atoms with Gasteiger partial charge >= 0.3 is 0 Å². The highest BCUT2D eigenvalue weighted by Gasteiger charge is 2.36. The molecule has 9 aromatic carbocycles. The minimum atomic E-state index is -0.127. The molecule has 0 unspecified atom stereocenters. The van der Waals surface area contributed by atoms with Crippen molar-refractivity contribution in [3.8, 4) is 33.4 Å². The Balaban J connectivity index is 1.15. The maximum absolute atomic E-state index is 7.04. The Morgan fingerprint density at radius 3 is 1.85 bits per heavy atom. The summed E-state index contributed by atoms with van der Waals surface area (Å²) in [4.78, 5) is 2.39. The lowest BCUT2D eigenvalue weighted by atomic mass is 9.82. The van der Waals surface area contributed by atoms with Crippen molar-refractivity contribution in [2.75, 3.05) is 4.90 Å². The highest BCUT2D eigenvalue weighted by atomic mass is 16.3. The van der Waals surface area contributed by atoms with Gasteiger partial charge in [0.25, 0.3) is 0 Å². The van der Waals surface area contributed by atoms with Crippen LogP contribution in [0.2, 0.25) is 0 Å². The summed E-state index contributed by atoms with van der Waals surface area (Å²) < 4.78 is 7.04. The SMILES string of the molecule is CC1(C)c2ccccc2-c2cc3c(cc21)oc1c(-c2ccccc2)ccc(N(c2ccccc2)c2ccc(-c4cc5ccccc5c5ccccc45)cc2)c13. The van der Waals surface area contributed by atoms with Crippen LogP contribution >= 0.6 is 0 Å². The number of hydrogen-bond acceptors (Lipinski definition) is 2. The van der Waals surface area contributed by atoms with Crippen molar-refractivity contribution < 1.29 is 4.42 Å². The zero-order valence-electron chi connectivity index (χ0n) is 30.8. The van der Waals surface area contributed by atoms with Crippen LogP contribution in [0.1, 0.15) is 25.0 Å². The predicted molar refractivity (Wildman–Crippen MR) is 232 cm³/mol. The summed E-state index contributed by atoms with van der Waals surface area (Å²) in [5.41, 5.74) is 14.8. The Labute approximate surface area is 320 Å². The first kappa shape index (κ1) is 31.6. The molecule has 0 N–H and O–H groups in total. The molecule has 10 aromatic rings. The number of benzene rings is 9. The van der Waals surface area contributed by atoms with Gasteiger partial charge in [-0.25, -0.2) is 0 Å². The molecule has 1 aliphatic carbocycles. The van der Waals surface area contributed by atoms with Gasteiger partial charge in [0.15, 0.2) is 0 Å². The van der Waals surface area contributed by atoms with Crippen LogP contribution in [-0.2, 0) is 5.41 Å². The number of rotatable bonds is 5. The molecule has 1 aliphatic rings. The number of furan rings is 1. The van der Waals surface area contributed by atoms with Crippen molar-refractivity contribution >= 4 is 60.5 Å². The van der Waals surface area contributed by atoms with Gasteiger partial charge in [0, 0.05) is 27.7 Å². The zero-order valence-corrected chi connectivity index (χ0v) is 30.8. The first-order valence-electron chi connectivity index (χ1n) is 19.1. The fourth-order valence-electron chi connectivity index (χ4n) is 9.17. The highest BCUT2D eigenvalue weighted by Crippen LogP contribution is 2.53. The van der Waals surface area contributed by atoms with Gasteiger partial charge in [-0.3, -0.25) is 0 Å². The maximum Gasteiger partial charge on any atom is 0.145 e. The third-order valence-electron chi connectivity index (χ3n) is 11.8. The molecule has 55 heavy (non-hydrogen) atoms. The molecular formula is C53H37NO. The topological polar surface area (TPSA) is 16.4 Å². The molecular weight excluding hydrogens is 667 g/mol. The summed E-state index contributed by atoms with van der Waals surface area (Å²) in [5, 5.41) is 7.28. The van der Waals surface area contributed by atoms with Gasteiger partial charge in [-0.1, -0.05) is 147 Å². The lowest BCUT2D eigenvalue weighted by Gasteiger charge is -2.27. The summed E-state index contributed by atoms with van der Waals surface area (Å²) >= 11 is 0. The molecule has 2 nitrogen and oxygen atoms in total. The van der Waals surface area contributed by atoms with Crippen LogP contribution in [0.25, 0.3) is 76.9 Å². The van der Waals surface area contributed by atoms with Gasteiger partial charge in [-0.05, 0) is 115 Å². The van der Waals surface area contributed by atoms with Crippen LogP contribution in [0.5, 0.6) is 0 Å². The van der Waals surface area contributed by atoms with Crippen LogP contribution in [-0.4, -0.2) is 0 Å². The number of nitrogens with zero attached hydrogens (tertiary/aromatic N) is 1. The second-order valence-corrected chi connectivity index (χ2v) is 15.3. The quantitative estimate of drug-likeness (QED) is 0.166. The monoisotopic (exact) mass is 703 g/mol. The van der Waals surface area contributed by atoms with Crippen LogP contribution in [0.4, 0.5) is 17.1 Å². The molecule has 0 aliphatic heterocycles. The van der Waals surface area contributed by atoms with E-state index in [-0.39, 0.29) is 5.41 Å². The van der Waals surface area contributed by atoms with Crippen molar-refractivity contribution in [3.05, 3.63) is 199 Å². The van der Waals surface area contributed by atoms with E-state index < -0.39 is 0 Å². The minimum Gasteiger partial charge on any atom is -0.455 e. The van der Waals surface area contributed by atoms with Crippen LogP contribution in [0, 0.1) is 0 Å². The average molecular weight is 704 g/mol. The fraction of sp³-hybridized carbons (Fsp3) is 0.0566. The first-order chi connectivity index (χ1) is 27.0. The van der Waals surface area contributed by atoms with E-state index in [9.17, 15) is 0 Å². The Morgan fingerprint density at radius 1 is 0.418 bits per heavy atom. The van der Waals surface area contributed by atoms with E-state index in [1.807, 2.05) is 0 Å². The van der Waals surface area contributed by atoms with E-state index in [4.69, 9.17) is 4.42 Å². The van der Waals surface area contributed by atoms with Crippen LogP contribution < -0.4 is 4.90 Å². The van der Waals surface area contributed by atoms with Crippen molar-refractivity contribution in [1.82, 2.24) is 0 Å². The molecule has 260 valence electrons. The van der Waals surface area contributed by atoms with Gasteiger partial charge in [0.05, 0.1) is 11.1 Å². The van der Waals surface area contributed by atoms with Crippen molar-refractivity contribution in [1.29, 1.82) is 0 Å². The third-order valence-corrected chi connectivity index (χ3v) is 11.8. The molecule has 0 fully saturated rings. The number of hydrogen-bond donors (Lipinski definition) is 0. The van der Waals surface area contributed by atoms with E-state index in [0.717, 1.165) is 50.1 Å². The van der Waals surface area contributed by atoms with Gasteiger partial charge in [-0.2, -0.15) is 0 Å². The summed E-state index contributed by atoms with van der Waals surface area (Å²) in [5.74, 6) is 0. The Kier molecular flexibility index (Phi) is 6.93. The van der Waals surface area contributed by atoms with Crippen LogP contribution in [0.15, 0.2) is 192 Å². The van der Waals surface area contributed by atoms with Gasteiger partial charge in [0.2, 0.25) is 0 Å². The summed E-state index contributed by atoms with van der Waals surface area (Å²) in [6.45, 7) is 4.66. The Morgan fingerprint density at radius 2 is 1.05 bits per heavy atom. The number of anilines is 3. The molecule has 0 radical (unpaired) electrons. The van der Waals surface area contributed by atoms with E-state index in [2.05, 4.69) is 207 Å². The molecule has 0 spiro atoms. The van der Waals surface area contributed by atoms with Crippen LogP contribution in [0.3, 0.4) is 0 Å². The molecule has 0 atom stereocenters. The highest BCUT2D eigenvalue weighted by molar-refractivity contribution is 6.18. The van der Waals surface area contributed by atoms with E-state index in [0.29, 0.717) is 0 Å². The molecule has 0 amide bonds. The summed E-state index contributed by atoms with van der Waals surface area (Å²) in [6.07, 6.45) is 0. The number of fused-ring (bicyclic) bond motifs is 9. The molecule has 0 bridgehead atoms. The largest absolute Gasteiger partial charge is 0.455 e.